The predicted molar refractivity (Wildman–Crippen MR) is 107 cm³/mol. The van der Waals surface area contributed by atoms with Crippen LogP contribution in [0.15, 0.2) is 54.6 Å². The van der Waals surface area contributed by atoms with Crippen LogP contribution in [0, 0.1) is 6.92 Å². The van der Waals surface area contributed by atoms with Crippen LogP contribution in [0.3, 0.4) is 0 Å². The summed E-state index contributed by atoms with van der Waals surface area (Å²) < 4.78 is 42.4. The van der Waals surface area contributed by atoms with E-state index in [4.69, 9.17) is 0 Å². The summed E-state index contributed by atoms with van der Waals surface area (Å²) in [6.45, 7) is 1.71. The molecule has 5 nitrogen and oxygen atoms in total. The molecule has 2 aromatic carbocycles. The molecular formula is C21H20F3N5. The second kappa shape index (κ2) is 6.95. The van der Waals surface area contributed by atoms with Crippen molar-refractivity contribution in [1.29, 1.82) is 0 Å². The molecule has 1 N–H and O–H groups in total. The minimum Gasteiger partial charge on any atom is -0.378 e. The molecule has 0 saturated heterocycles. The number of allylic oxidation sites excluding steroid dienone is 1. The Kier molecular flexibility index (Phi) is 4.56. The van der Waals surface area contributed by atoms with Crippen LogP contribution < -0.4 is 10.2 Å². The Bertz CT molecular complexity index is 1060. The fourth-order valence-electron chi connectivity index (χ4n) is 3.44. The Morgan fingerprint density at radius 2 is 1.72 bits per heavy atom. The molecule has 0 spiro atoms. The first kappa shape index (κ1) is 19.0. The van der Waals surface area contributed by atoms with Gasteiger partial charge in [0.1, 0.15) is 11.9 Å². The van der Waals surface area contributed by atoms with Crippen molar-refractivity contribution in [3.8, 4) is 0 Å². The molecule has 0 amide bonds. The van der Waals surface area contributed by atoms with Crippen LogP contribution in [0.4, 0.5) is 24.8 Å². The molecule has 0 bridgehead atoms. The summed E-state index contributed by atoms with van der Waals surface area (Å²) in [6.07, 6.45) is -2.70. The van der Waals surface area contributed by atoms with E-state index in [1.807, 2.05) is 43.3 Å². The quantitative estimate of drug-likeness (QED) is 0.692. The number of halogens is 3. The molecule has 1 unspecified atom stereocenters. The molecule has 29 heavy (non-hydrogen) atoms. The summed E-state index contributed by atoms with van der Waals surface area (Å²) in [5.41, 5.74) is 2.04. The van der Waals surface area contributed by atoms with Gasteiger partial charge in [-0.1, -0.05) is 30.3 Å². The van der Waals surface area contributed by atoms with E-state index in [0.29, 0.717) is 17.5 Å². The van der Waals surface area contributed by atoms with Gasteiger partial charge in [-0.15, -0.1) is 0 Å². The van der Waals surface area contributed by atoms with Gasteiger partial charge < -0.3 is 10.2 Å². The lowest BCUT2D eigenvalue weighted by molar-refractivity contribution is -0.138. The van der Waals surface area contributed by atoms with E-state index in [1.54, 1.807) is 19.1 Å². The molecule has 1 atom stereocenters. The number of hydrogen-bond acceptors (Lipinski definition) is 4. The SMILES string of the molecule is Cc1nc2n(n1)C(c1ccccc1C(F)(F)F)C=C(c1ccc(N(C)C)cc1)N2. The molecular weight excluding hydrogens is 379 g/mol. The fourth-order valence-corrected chi connectivity index (χ4v) is 3.44. The monoisotopic (exact) mass is 399 g/mol. The van der Waals surface area contributed by atoms with Crippen molar-refractivity contribution in [2.45, 2.75) is 19.1 Å². The van der Waals surface area contributed by atoms with Crippen molar-refractivity contribution in [2.75, 3.05) is 24.3 Å². The number of nitrogens with zero attached hydrogens (tertiary/aromatic N) is 4. The molecule has 2 heterocycles. The molecule has 0 saturated carbocycles. The zero-order valence-corrected chi connectivity index (χ0v) is 16.2. The number of rotatable bonds is 3. The number of alkyl halides is 3. The van der Waals surface area contributed by atoms with Crippen molar-refractivity contribution in [3.63, 3.8) is 0 Å². The molecule has 3 aromatic rings. The number of anilines is 2. The van der Waals surface area contributed by atoms with Crippen LogP contribution in [-0.4, -0.2) is 28.9 Å². The second-order valence-corrected chi connectivity index (χ2v) is 7.10. The van der Waals surface area contributed by atoms with Crippen molar-refractivity contribution < 1.29 is 13.2 Å². The lowest BCUT2D eigenvalue weighted by atomic mass is 9.97. The number of fused-ring (bicyclic) bond motifs is 1. The molecule has 0 aliphatic carbocycles. The van der Waals surface area contributed by atoms with Gasteiger partial charge in [-0.2, -0.15) is 23.3 Å². The highest BCUT2D eigenvalue weighted by Crippen LogP contribution is 2.39. The summed E-state index contributed by atoms with van der Waals surface area (Å²) in [5.74, 6) is 0.901. The van der Waals surface area contributed by atoms with Crippen molar-refractivity contribution in [3.05, 3.63) is 77.1 Å². The zero-order chi connectivity index (χ0) is 20.8. The normalized spacial score (nSPS) is 16.1. The molecule has 0 fully saturated rings. The van der Waals surface area contributed by atoms with E-state index >= 15 is 0 Å². The summed E-state index contributed by atoms with van der Waals surface area (Å²) in [7, 11) is 3.89. The lowest BCUT2D eigenvalue weighted by Crippen LogP contribution is -2.23. The minimum absolute atomic E-state index is 0.134. The van der Waals surface area contributed by atoms with E-state index in [9.17, 15) is 13.2 Å². The first-order valence-corrected chi connectivity index (χ1v) is 9.10. The zero-order valence-electron chi connectivity index (χ0n) is 16.2. The average molecular weight is 399 g/mol. The van der Waals surface area contributed by atoms with Crippen molar-refractivity contribution in [1.82, 2.24) is 14.8 Å². The largest absolute Gasteiger partial charge is 0.416 e. The molecule has 1 aliphatic heterocycles. The molecule has 1 aromatic heterocycles. The van der Waals surface area contributed by atoms with Crippen LogP contribution in [0.25, 0.3) is 5.70 Å². The number of aryl methyl sites for hydroxylation is 1. The molecule has 8 heteroatoms. The average Bonchev–Trinajstić information content (AvgIpc) is 3.06. The third kappa shape index (κ3) is 3.57. The van der Waals surface area contributed by atoms with Crippen LogP contribution >= 0.6 is 0 Å². The maximum atomic E-state index is 13.6. The van der Waals surface area contributed by atoms with Gasteiger partial charge in [0.2, 0.25) is 5.95 Å². The van der Waals surface area contributed by atoms with Gasteiger partial charge in [0.05, 0.1) is 5.56 Å². The second-order valence-electron chi connectivity index (χ2n) is 7.10. The van der Waals surface area contributed by atoms with Gasteiger partial charge in [-0.3, -0.25) is 0 Å². The maximum absolute atomic E-state index is 13.6. The van der Waals surface area contributed by atoms with Gasteiger partial charge in [0.15, 0.2) is 0 Å². The van der Waals surface area contributed by atoms with Crippen LogP contribution in [0.2, 0.25) is 0 Å². The van der Waals surface area contributed by atoms with E-state index in [-0.39, 0.29) is 5.56 Å². The maximum Gasteiger partial charge on any atom is 0.416 e. The van der Waals surface area contributed by atoms with Crippen molar-refractivity contribution in [2.24, 2.45) is 0 Å². The molecule has 1 aliphatic rings. The van der Waals surface area contributed by atoms with E-state index in [2.05, 4.69) is 15.4 Å². The first-order chi connectivity index (χ1) is 13.7. The number of benzene rings is 2. The third-order valence-electron chi connectivity index (χ3n) is 4.85. The Hall–Kier alpha value is -3.29. The fraction of sp³-hybridized carbons (Fsp3) is 0.238. The molecule has 0 radical (unpaired) electrons. The van der Waals surface area contributed by atoms with E-state index in [0.717, 1.165) is 17.3 Å². The van der Waals surface area contributed by atoms with Crippen LogP contribution in [0.1, 0.15) is 28.6 Å². The Balaban J connectivity index is 1.84. The highest BCUT2D eigenvalue weighted by atomic mass is 19.4. The highest BCUT2D eigenvalue weighted by Gasteiger charge is 2.36. The molecule has 150 valence electrons. The van der Waals surface area contributed by atoms with E-state index < -0.39 is 17.8 Å². The van der Waals surface area contributed by atoms with Gasteiger partial charge in [-0.25, -0.2) is 4.68 Å². The standard InChI is InChI=1S/C21H20F3N5/c1-13-25-20-26-18(14-8-10-15(11-9-14)28(2)3)12-19(29(20)27-13)16-6-4-5-7-17(16)21(22,23)24/h4-12,19H,1-3H3,(H,25,26,27). The summed E-state index contributed by atoms with van der Waals surface area (Å²) in [4.78, 5) is 6.33. The Morgan fingerprint density at radius 3 is 2.38 bits per heavy atom. The van der Waals surface area contributed by atoms with Crippen molar-refractivity contribution >= 4 is 17.3 Å². The van der Waals surface area contributed by atoms with Gasteiger partial charge in [0, 0.05) is 25.5 Å². The summed E-state index contributed by atoms with van der Waals surface area (Å²) in [5, 5.41) is 7.52. The highest BCUT2D eigenvalue weighted by molar-refractivity contribution is 5.78. The number of aromatic nitrogens is 3. The summed E-state index contributed by atoms with van der Waals surface area (Å²) in [6, 6.07) is 12.6. The predicted octanol–water partition coefficient (Wildman–Crippen LogP) is 4.73. The minimum atomic E-state index is -4.46. The van der Waals surface area contributed by atoms with Gasteiger partial charge >= 0.3 is 6.18 Å². The number of hydrogen-bond donors (Lipinski definition) is 1. The van der Waals surface area contributed by atoms with Crippen LogP contribution in [-0.2, 0) is 6.18 Å². The number of nitrogens with one attached hydrogen (secondary N) is 1. The topological polar surface area (TPSA) is 46.0 Å². The van der Waals surface area contributed by atoms with E-state index in [1.165, 1.54) is 16.8 Å². The Morgan fingerprint density at radius 1 is 1.03 bits per heavy atom. The smallest absolute Gasteiger partial charge is 0.378 e. The third-order valence-corrected chi connectivity index (χ3v) is 4.85. The summed E-state index contributed by atoms with van der Waals surface area (Å²) >= 11 is 0. The van der Waals surface area contributed by atoms with Gasteiger partial charge in [0.25, 0.3) is 0 Å². The Labute approximate surface area is 166 Å². The van der Waals surface area contributed by atoms with Gasteiger partial charge in [-0.05, 0) is 42.3 Å². The molecule has 4 rings (SSSR count). The first-order valence-electron chi connectivity index (χ1n) is 9.10. The lowest BCUT2D eigenvalue weighted by Gasteiger charge is -2.26. The van der Waals surface area contributed by atoms with Crippen LogP contribution in [0.5, 0.6) is 0 Å².